The van der Waals surface area contributed by atoms with E-state index in [1.54, 1.807) is 17.1 Å². The molecule has 1 fully saturated rings. The fraction of sp³-hybridized carbons (Fsp3) is 0.421. The SMILES string of the molecule is O=C(CSCc1cccc(Cl)c1)Nc1cnn(CC(=O)NC2CCCC2)c1. The number of aromatic nitrogens is 2. The molecule has 1 saturated carbocycles. The van der Waals surface area contributed by atoms with Gasteiger partial charge in [0.15, 0.2) is 0 Å². The summed E-state index contributed by atoms with van der Waals surface area (Å²) < 4.78 is 1.54. The average molecular weight is 407 g/mol. The van der Waals surface area contributed by atoms with Crippen molar-refractivity contribution >= 4 is 40.9 Å². The largest absolute Gasteiger partial charge is 0.352 e. The zero-order chi connectivity index (χ0) is 19.1. The molecule has 2 N–H and O–H groups in total. The number of thioether (sulfide) groups is 1. The van der Waals surface area contributed by atoms with Gasteiger partial charge in [0.1, 0.15) is 6.54 Å². The first-order valence-electron chi connectivity index (χ1n) is 9.02. The standard InChI is InChI=1S/C19H23ClN4O2S/c20-15-5-3-4-14(8-15)12-27-13-19(26)23-17-9-21-24(10-17)11-18(25)22-16-6-1-2-7-16/h3-5,8-10,16H,1-2,6-7,11-13H2,(H,22,25)(H,23,26). The van der Waals surface area contributed by atoms with Crippen molar-refractivity contribution in [3.8, 4) is 0 Å². The topological polar surface area (TPSA) is 76.0 Å². The van der Waals surface area contributed by atoms with Crippen LogP contribution < -0.4 is 10.6 Å². The third kappa shape index (κ3) is 6.59. The summed E-state index contributed by atoms with van der Waals surface area (Å²) in [6, 6.07) is 7.90. The number of hydrogen-bond donors (Lipinski definition) is 2. The van der Waals surface area contributed by atoms with Crippen molar-refractivity contribution in [3.63, 3.8) is 0 Å². The van der Waals surface area contributed by atoms with Gasteiger partial charge in [-0.2, -0.15) is 5.10 Å². The Labute approximate surface area is 168 Å². The summed E-state index contributed by atoms with van der Waals surface area (Å²) in [5.41, 5.74) is 1.68. The smallest absolute Gasteiger partial charge is 0.241 e. The minimum absolute atomic E-state index is 0.0417. The zero-order valence-corrected chi connectivity index (χ0v) is 16.6. The van der Waals surface area contributed by atoms with Crippen LogP contribution in [0.3, 0.4) is 0 Å². The lowest BCUT2D eigenvalue weighted by Gasteiger charge is -2.11. The molecule has 1 aromatic carbocycles. The summed E-state index contributed by atoms with van der Waals surface area (Å²) in [5, 5.41) is 10.7. The molecule has 0 saturated heterocycles. The quantitative estimate of drug-likeness (QED) is 0.703. The molecule has 0 aliphatic heterocycles. The van der Waals surface area contributed by atoms with Crippen molar-refractivity contribution in [2.75, 3.05) is 11.1 Å². The van der Waals surface area contributed by atoms with E-state index in [-0.39, 0.29) is 18.4 Å². The summed E-state index contributed by atoms with van der Waals surface area (Å²) in [7, 11) is 0. The Morgan fingerprint density at radius 3 is 2.85 bits per heavy atom. The first-order chi connectivity index (χ1) is 13.1. The molecular weight excluding hydrogens is 384 g/mol. The molecule has 2 amide bonds. The number of nitrogens with zero attached hydrogens (tertiary/aromatic N) is 2. The minimum Gasteiger partial charge on any atom is -0.352 e. The van der Waals surface area contributed by atoms with E-state index in [1.807, 2.05) is 24.3 Å². The minimum atomic E-state index is -0.100. The van der Waals surface area contributed by atoms with Crippen molar-refractivity contribution in [2.45, 2.75) is 44.0 Å². The molecule has 1 heterocycles. The zero-order valence-electron chi connectivity index (χ0n) is 15.0. The number of amides is 2. The molecule has 0 radical (unpaired) electrons. The first kappa shape index (κ1) is 19.8. The van der Waals surface area contributed by atoms with E-state index in [0.29, 0.717) is 28.3 Å². The van der Waals surface area contributed by atoms with Crippen LogP contribution in [0.2, 0.25) is 5.02 Å². The molecule has 27 heavy (non-hydrogen) atoms. The highest BCUT2D eigenvalue weighted by molar-refractivity contribution is 7.99. The molecule has 0 unspecified atom stereocenters. The predicted molar refractivity (Wildman–Crippen MR) is 109 cm³/mol. The number of benzene rings is 1. The molecule has 1 aliphatic rings. The molecule has 0 spiro atoms. The van der Waals surface area contributed by atoms with Crippen molar-refractivity contribution in [1.82, 2.24) is 15.1 Å². The highest BCUT2D eigenvalue weighted by Gasteiger charge is 2.17. The van der Waals surface area contributed by atoms with E-state index in [9.17, 15) is 9.59 Å². The molecule has 1 aliphatic carbocycles. The van der Waals surface area contributed by atoms with Gasteiger partial charge in [-0.1, -0.05) is 36.6 Å². The first-order valence-corrected chi connectivity index (χ1v) is 10.6. The van der Waals surface area contributed by atoms with Gasteiger partial charge >= 0.3 is 0 Å². The fourth-order valence-electron chi connectivity index (χ4n) is 3.09. The van der Waals surface area contributed by atoms with E-state index in [1.165, 1.54) is 24.6 Å². The second kappa shape index (κ2) is 9.80. The van der Waals surface area contributed by atoms with Crippen molar-refractivity contribution in [3.05, 3.63) is 47.2 Å². The van der Waals surface area contributed by atoms with E-state index in [2.05, 4.69) is 15.7 Å². The van der Waals surface area contributed by atoms with Gasteiger partial charge < -0.3 is 10.6 Å². The van der Waals surface area contributed by atoms with Crippen LogP contribution in [0.5, 0.6) is 0 Å². The number of anilines is 1. The number of carbonyl (C=O) groups is 2. The highest BCUT2D eigenvalue weighted by Crippen LogP contribution is 2.18. The van der Waals surface area contributed by atoms with Crippen LogP contribution >= 0.6 is 23.4 Å². The summed E-state index contributed by atoms with van der Waals surface area (Å²) in [4.78, 5) is 24.1. The van der Waals surface area contributed by atoms with E-state index in [0.717, 1.165) is 18.4 Å². The van der Waals surface area contributed by atoms with Gasteiger partial charge in [-0.3, -0.25) is 14.3 Å². The van der Waals surface area contributed by atoms with Crippen molar-refractivity contribution < 1.29 is 9.59 Å². The molecule has 1 aromatic heterocycles. The molecule has 3 rings (SSSR count). The molecule has 0 atom stereocenters. The van der Waals surface area contributed by atoms with Gasteiger partial charge in [0.25, 0.3) is 0 Å². The number of hydrogen-bond acceptors (Lipinski definition) is 4. The molecule has 2 aromatic rings. The van der Waals surface area contributed by atoms with Gasteiger partial charge in [0.2, 0.25) is 11.8 Å². The second-order valence-corrected chi connectivity index (χ2v) is 8.07. The lowest BCUT2D eigenvalue weighted by atomic mass is 10.2. The lowest BCUT2D eigenvalue weighted by molar-refractivity contribution is -0.122. The summed E-state index contributed by atoms with van der Waals surface area (Å²) in [6.07, 6.45) is 7.70. The van der Waals surface area contributed by atoms with Gasteiger partial charge in [0, 0.05) is 23.0 Å². The summed E-state index contributed by atoms with van der Waals surface area (Å²) >= 11 is 7.47. The molecule has 144 valence electrons. The maximum absolute atomic E-state index is 12.1. The van der Waals surface area contributed by atoms with Crippen molar-refractivity contribution in [2.24, 2.45) is 0 Å². The van der Waals surface area contributed by atoms with Crippen LogP contribution in [-0.4, -0.2) is 33.4 Å². The molecule has 0 bridgehead atoms. The van der Waals surface area contributed by atoms with Gasteiger partial charge in [-0.15, -0.1) is 11.8 Å². The Kier molecular flexibility index (Phi) is 7.18. The predicted octanol–water partition coefficient (Wildman–Crippen LogP) is 3.47. The van der Waals surface area contributed by atoms with Gasteiger partial charge in [-0.05, 0) is 30.5 Å². The normalized spacial score (nSPS) is 14.3. The molecule has 6 nitrogen and oxygen atoms in total. The average Bonchev–Trinajstić information content (AvgIpc) is 3.27. The van der Waals surface area contributed by atoms with Crippen LogP contribution in [0.1, 0.15) is 31.2 Å². The number of nitrogens with one attached hydrogen (secondary N) is 2. The maximum atomic E-state index is 12.1. The van der Waals surface area contributed by atoms with Gasteiger partial charge in [0.05, 0.1) is 17.6 Å². The van der Waals surface area contributed by atoms with E-state index >= 15 is 0 Å². The summed E-state index contributed by atoms with van der Waals surface area (Å²) in [5.74, 6) is 0.908. The van der Waals surface area contributed by atoms with Crippen molar-refractivity contribution in [1.29, 1.82) is 0 Å². The Bertz CT molecular complexity index is 790. The number of carbonyl (C=O) groups excluding carboxylic acids is 2. The van der Waals surface area contributed by atoms with Crippen LogP contribution in [0, 0.1) is 0 Å². The fourth-order valence-corrected chi connectivity index (χ4v) is 4.08. The Hall–Kier alpha value is -1.99. The molecule has 8 heteroatoms. The monoisotopic (exact) mass is 406 g/mol. The maximum Gasteiger partial charge on any atom is 0.241 e. The third-order valence-corrected chi connectivity index (χ3v) is 5.57. The van der Waals surface area contributed by atoms with Crippen LogP contribution in [0.25, 0.3) is 0 Å². The number of halogens is 1. The van der Waals surface area contributed by atoms with Crippen LogP contribution in [0.15, 0.2) is 36.7 Å². The molecular formula is C19H23ClN4O2S. The Morgan fingerprint density at radius 2 is 2.07 bits per heavy atom. The lowest BCUT2D eigenvalue weighted by Crippen LogP contribution is -2.35. The Morgan fingerprint density at radius 1 is 1.26 bits per heavy atom. The van der Waals surface area contributed by atoms with Crippen LogP contribution in [0.4, 0.5) is 5.69 Å². The van der Waals surface area contributed by atoms with E-state index < -0.39 is 0 Å². The van der Waals surface area contributed by atoms with Crippen LogP contribution in [-0.2, 0) is 21.9 Å². The summed E-state index contributed by atoms with van der Waals surface area (Å²) in [6.45, 7) is 0.163. The van der Waals surface area contributed by atoms with E-state index in [4.69, 9.17) is 11.6 Å². The number of rotatable bonds is 8. The highest BCUT2D eigenvalue weighted by atomic mass is 35.5. The Balaban J connectivity index is 1.38. The third-order valence-electron chi connectivity index (χ3n) is 4.33. The second-order valence-electron chi connectivity index (χ2n) is 6.65. The van der Waals surface area contributed by atoms with Gasteiger partial charge in [-0.25, -0.2) is 0 Å².